The average Bonchev–Trinajstić information content (AvgIpc) is 2.52. The summed E-state index contributed by atoms with van der Waals surface area (Å²) in [6, 6.07) is 2.01. The van der Waals surface area contributed by atoms with E-state index in [-0.39, 0.29) is 0 Å². The number of nitrogens with one attached hydrogen (secondary N) is 1. The molecular formula is C6H12N2. The lowest BCUT2D eigenvalue weighted by Gasteiger charge is -1.95. The molecule has 0 aromatic carbocycles. The Morgan fingerprint density at radius 2 is 2.00 bits per heavy atom. The average molecular weight is 112 g/mol. The Bertz CT molecular complexity index is 98.7. The first kappa shape index (κ1) is 4.77. The molecule has 3 N–H and O–H groups in total. The van der Waals surface area contributed by atoms with E-state index in [1.54, 1.807) is 0 Å². The normalized spacial score (nSPS) is 44.6. The Morgan fingerprint density at radius 1 is 1.38 bits per heavy atom. The van der Waals surface area contributed by atoms with E-state index in [4.69, 9.17) is 5.73 Å². The van der Waals surface area contributed by atoms with E-state index in [0.29, 0.717) is 12.1 Å². The van der Waals surface area contributed by atoms with Crippen molar-refractivity contribution < 1.29 is 0 Å². The molecule has 2 aliphatic carbocycles. The maximum Gasteiger partial charge on any atom is 0.0237 e. The van der Waals surface area contributed by atoms with Crippen molar-refractivity contribution in [2.75, 3.05) is 0 Å². The Balaban J connectivity index is 1.69. The van der Waals surface area contributed by atoms with Crippen LogP contribution in [0.15, 0.2) is 0 Å². The van der Waals surface area contributed by atoms with Crippen molar-refractivity contribution in [3.8, 4) is 0 Å². The van der Waals surface area contributed by atoms with E-state index in [1.807, 2.05) is 0 Å². The van der Waals surface area contributed by atoms with E-state index in [2.05, 4.69) is 5.32 Å². The van der Waals surface area contributed by atoms with Crippen LogP contribution in [-0.4, -0.2) is 18.1 Å². The van der Waals surface area contributed by atoms with E-state index in [0.717, 1.165) is 6.04 Å². The Hall–Kier alpha value is -0.0800. The third kappa shape index (κ3) is 0.858. The lowest BCUT2D eigenvalue weighted by molar-refractivity contribution is 0.665. The lowest BCUT2D eigenvalue weighted by Crippen LogP contribution is -2.24. The van der Waals surface area contributed by atoms with E-state index in [9.17, 15) is 0 Å². The molecule has 0 heterocycles. The lowest BCUT2D eigenvalue weighted by atomic mass is 10.6. The van der Waals surface area contributed by atoms with Gasteiger partial charge in [0.15, 0.2) is 0 Å². The fourth-order valence-corrected chi connectivity index (χ4v) is 0.959. The summed E-state index contributed by atoms with van der Waals surface area (Å²) in [7, 11) is 0. The van der Waals surface area contributed by atoms with Crippen LogP contribution in [0.4, 0.5) is 0 Å². The zero-order valence-electron chi connectivity index (χ0n) is 4.93. The van der Waals surface area contributed by atoms with E-state index < -0.39 is 0 Å². The molecule has 0 aromatic rings. The minimum Gasteiger partial charge on any atom is -0.326 e. The van der Waals surface area contributed by atoms with Crippen molar-refractivity contribution in [1.82, 2.24) is 5.32 Å². The molecule has 2 saturated carbocycles. The topological polar surface area (TPSA) is 38.0 Å². The largest absolute Gasteiger partial charge is 0.326 e. The van der Waals surface area contributed by atoms with Gasteiger partial charge >= 0.3 is 0 Å². The van der Waals surface area contributed by atoms with E-state index >= 15 is 0 Å². The zero-order valence-corrected chi connectivity index (χ0v) is 4.93. The second kappa shape index (κ2) is 1.45. The van der Waals surface area contributed by atoms with E-state index in [1.165, 1.54) is 19.3 Å². The zero-order chi connectivity index (χ0) is 5.56. The van der Waals surface area contributed by atoms with Gasteiger partial charge in [-0.15, -0.1) is 0 Å². The predicted molar refractivity (Wildman–Crippen MR) is 32.5 cm³/mol. The Labute approximate surface area is 49.4 Å². The van der Waals surface area contributed by atoms with Crippen molar-refractivity contribution in [3.63, 3.8) is 0 Å². The van der Waals surface area contributed by atoms with Gasteiger partial charge in [-0.3, -0.25) is 0 Å². The summed E-state index contributed by atoms with van der Waals surface area (Å²) < 4.78 is 0. The summed E-state index contributed by atoms with van der Waals surface area (Å²) in [6.07, 6.45) is 3.96. The summed E-state index contributed by atoms with van der Waals surface area (Å²) in [5.74, 6) is 0. The highest BCUT2D eigenvalue weighted by Gasteiger charge is 2.37. The molecule has 2 nitrogen and oxygen atoms in total. The number of rotatable bonds is 2. The van der Waals surface area contributed by atoms with Crippen molar-refractivity contribution in [2.24, 2.45) is 5.73 Å². The van der Waals surface area contributed by atoms with Gasteiger partial charge in [-0.05, 0) is 19.3 Å². The van der Waals surface area contributed by atoms with Gasteiger partial charge < -0.3 is 11.1 Å². The summed E-state index contributed by atoms with van der Waals surface area (Å²) in [6.45, 7) is 0. The van der Waals surface area contributed by atoms with Crippen molar-refractivity contribution >= 4 is 0 Å². The van der Waals surface area contributed by atoms with Crippen molar-refractivity contribution in [3.05, 3.63) is 0 Å². The highest BCUT2D eigenvalue weighted by molar-refractivity contribution is 5.01. The van der Waals surface area contributed by atoms with Crippen LogP contribution in [0.1, 0.15) is 19.3 Å². The second-order valence-corrected chi connectivity index (χ2v) is 2.95. The van der Waals surface area contributed by atoms with Crippen LogP contribution in [0.2, 0.25) is 0 Å². The molecule has 0 aliphatic heterocycles. The maximum absolute atomic E-state index is 5.58. The van der Waals surface area contributed by atoms with Gasteiger partial charge in [0.25, 0.3) is 0 Å². The first-order valence-electron chi connectivity index (χ1n) is 3.38. The molecule has 2 heteroatoms. The van der Waals surface area contributed by atoms with Gasteiger partial charge in [-0.25, -0.2) is 0 Å². The maximum atomic E-state index is 5.58. The first-order valence-corrected chi connectivity index (χ1v) is 3.38. The summed E-state index contributed by atoms with van der Waals surface area (Å²) >= 11 is 0. The molecule has 0 saturated heterocycles. The minimum absolute atomic E-state index is 0.482. The van der Waals surface area contributed by atoms with Crippen LogP contribution in [0.5, 0.6) is 0 Å². The van der Waals surface area contributed by atoms with Crippen LogP contribution >= 0.6 is 0 Å². The summed E-state index contributed by atoms with van der Waals surface area (Å²) in [5.41, 5.74) is 5.58. The number of hydrogen-bond donors (Lipinski definition) is 2. The third-order valence-corrected chi connectivity index (χ3v) is 1.87. The molecule has 2 unspecified atom stereocenters. The molecule has 0 radical (unpaired) electrons. The predicted octanol–water partition coefficient (Wildman–Crippen LogP) is -0.162. The second-order valence-electron chi connectivity index (χ2n) is 2.95. The molecular weight excluding hydrogens is 100 g/mol. The van der Waals surface area contributed by atoms with Crippen LogP contribution in [0.25, 0.3) is 0 Å². The number of hydrogen-bond acceptors (Lipinski definition) is 2. The van der Waals surface area contributed by atoms with Gasteiger partial charge in [0, 0.05) is 18.1 Å². The van der Waals surface area contributed by atoms with Gasteiger partial charge in [0.1, 0.15) is 0 Å². The summed E-state index contributed by atoms with van der Waals surface area (Å²) in [5, 5.41) is 3.45. The highest BCUT2D eigenvalue weighted by Crippen LogP contribution is 2.26. The summed E-state index contributed by atoms with van der Waals surface area (Å²) in [4.78, 5) is 0. The van der Waals surface area contributed by atoms with Crippen LogP contribution < -0.4 is 11.1 Å². The van der Waals surface area contributed by atoms with Gasteiger partial charge in [0.2, 0.25) is 0 Å². The minimum atomic E-state index is 0.482. The highest BCUT2D eigenvalue weighted by atomic mass is 15.1. The van der Waals surface area contributed by atoms with Gasteiger partial charge in [0.05, 0.1) is 0 Å². The smallest absolute Gasteiger partial charge is 0.0237 e. The van der Waals surface area contributed by atoms with Crippen LogP contribution in [0, 0.1) is 0 Å². The van der Waals surface area contributed by atoms with Gasteiger partial charge in [-0.2, -0.15) is 0 Å². The van der Waals surface area contributed by atoms with Crippen LogP contribution in [0.3, 0.4) is 0 Å². The first-order chi connectivity index (χ1) is 3.86. The number of nitrogens with two attached hydrogens (primary N) is 1. The molecule has 2 fully saturated rings. The molecule has 8 heavy (non-hydrogen) atoms. The molecule has 46 valence electrons. The standard InChI is InChI=1S/C6H12N2/c7-5-3-6(5)8-4-1-2-4/h4-6,8H,1-3,7H2. The quantitative estimate of drug-likeness (QED) is 0.521. The molecule has 0 amide bonds. The van der Waals surface area contributed by atoms with Crippen molar-refractivity contribution in [1.29, 1.82) is 0 Å². The Kier molecular flexibility index (Phi) is 0.866. The fourth-order valence-electron chi connectivity index (χ4n) is 0.959. The van der Waals surface area contributed by atoms with Crippen molar-refractivity contribution in [2.45, 2.75) is 37.4 Å². The molecule has 2 aliphatic rings. The molecule has 0 aromatic heterocycles. The molecule has 0 spiro atoms. The third-order valence-electron chi connectivity index (χ3n) is 1.87. The Morgan fingerprint density at radius 3 is 2.38 bits per heavy atom. The molecule has 2 atom stereocenters. The molecule has 2 rings (SSSR count). The SMILES string of the molecule is NC1CC1NC1CC1. The fraction of sp³-hybridized carbons (Fsp3) is 1.00. The molecule has 0 bridgehead atoms. The van der Waals surface area contributed by atoms with Crippen LogP contribution in [-0.2, 0) is 0 Å². The van der Waals surface area contributed by atoms with Gasteiger partial charge in [-0.1, -0.05) is 0 Å². The monoisotopic (exact) mass is 112 g/mol.